The van der Waals surface area contributed by atoms with E-state index in [1.165, 1.54) is 37.3 Å². The van der Waals surface area contributed by atoms with Gasteiger partial charge in [-0.25, -0.2) is 0 Å². The molecule has 0 fully saturated rings. The van der Waals surface area contributed by atoms with Crippen LogP contribution in [0.25, 0.3) is 10.0 Å². The Morgan fingerprint density at radius 2 is 2.17 bits per heavy atom. The quantitative estimate of drug-likeness (QED) is 0.471. The van der Waals surface area contributed by atoms with E-state index in [-0.39, 0.29) is 25.9 Å². The average molecular weight is 393 g/mol. The molecule has 0 saturated carbocycles. The Bertz CT molecular complexity index is 833. The number of hydrogen-bond donors (Lipinski definition) is 1. The Labute approximate surface area is 145 Å². The van der Waals surface area contributed by atoms with E-state index in [9.17, 15) is 13.6 Å². The van der Waals surface area contributed by atoms with Crippen molar-refractivity contribution in [1.29, 1.82) is 0 Å². The summed E-state index contributed by atoms with van der Waals surface area (Å²) in [4.78, 5) is 16.3. The Morgan fingerprint density at radius 1 is 1.42 bits per heavy atom. The van der Waals surface area contributed by atoms with Crippen molar-refractivity contribution in [2.24, 2.45) is 0 Å². The monoisotopic (exact) mass is 394 g/mol. The number of carbonyl (C=O) groups excluding carboxylic acids is 1. The first kappa shape index (κ1) is 18.0. The second kappa shape index (κ2) is 7.99. The summed E-state index contributed by atoms with van der Waals surface area (Å²) in [5.41, 5.74) is 1.62. The number of aromatic nitrogens is 1. The number of halogens is 2. The number of nitrogens with one attached hydrogen (secondary N) is 1. The van der Waals surface area contributed by atoms with E-state index in [4.69, 9.17) is 0 Å². The molecule has 3 nitrogen and oxygen atoms in total. The van der Waals surface area contributed by atoms with Crippen molar-refractivity contribution in [2.75, 3.05) is 5.32 Å². The number of carbonyl (C=O) groups is 1. The van der Waals surface area contributed by atoms with Crippen LogP contribution in [0.3, 0.4) is 0 Å². The second-order valence-electron chi connectivity index (χ2n) is 4.98. The molecule has 0 unspecified atom stereocenters. The van der Waals surface area contributed by atoms with Gasteiger partial charge in [0.05, 0.1) is 0 Å². The molecule has 0 radical (unpaired) electrons. The van der Waals surface area contributed by atoms with Gasteiger partial charge in [-0.2, -0.15) is 0 Å². The average Bonchev–Trinajstić information content (AvgIpc) is 2.98. The van der Waals surface area contributed by atoms with Crippen molar-refractivity contribution in [2.45, 2.75) is 13.8 Å². The molecule has 1 amide bonds. The Morgan fingerprint density at radius 3 is 2.83 bits per heavy atom. The van der Waals surface area contributed by atoms with Gasteiger partial charge in [-0.3, -0.25) is 0 Å². The fourth-order valence-corrected chi connectivity index (χ4v) is 3.86. The van der Waals surface area contributed by atoms with Crippen LogP contribution < -0.4 is 5.32 Å². The van der Waals surface area contributed by atoms with Crippen LogP contribution in [0.15, 0.2) is 60.6 Å². The van der Waals surface area contributed by atoms with Crippen LogP contribution in [0, 0.1) is 12.7 Å². The van der Waals surface area contributed by atoms with Gasteiger partial charge in [0.2, 0.25) is 0 Å². The molecule has 2 aromatic rings. The molecule has 6 heteroatoms. The number of amides is 1. The van der Waals surface area contributed by atoms with Crippen molar-refractivity contribution in [3.05, 3.63) is 72.0 Å². The van der Waals surface area contributed by atoms with Crippen molar-refractivity contribution in [1.82, 2.24) is 4.98 Å². The molecular weight excluding hydrogens is 377 g/mol. The number of anilines is 1. The van der Waals surface area contributed by atoms with Crippen molar-refractivity contribution < 1.29 is 13.6 Å². The van der Waals surface area contributed by atoms with Crippen molar-refractivity contribution in [3.8, 4) is 10.0 Å². The first-order chi connectivity index (χ1) is 11.4. The summed E-state index contributed by atoms with van der Waals surface area (Å²) in [7, 11) is 0. The molecule has 1 aromatic heterocycles. The molecule has 0 aliphatic carbocycles. The Hall–Kier alpha value is -2.30. The first-order valence-electron chi connectivity index (χ1n) is 7.11. The zero-order valence-corrected chi connectivity index (χ0v) is 15.0. The molecule has 24 heavy (non-hydrogen) atoms. The first-order valence-corrected chi connectivity index (χ1v) is 8.83. The maximum atomic E-state index is 13.5. The Kier molecular flexibility index (Phi) is 6.01. The third kappa shape index (κ3) is 4.37. The minimum atomic E-state index is -0.592. The summed E-state index contributed by atoms with van der Waals surface area (Å²) >= 11 is -0.286. The fourth-order valence-electron chi connectivity index (χ4n) is 1.99. The Balaban J connectivity index is 2.24. The zero-order chi connectivity index (χ0) is 17.7. The van der Waals surface area contributed by atoms with E-state index in [0.717, 1.165) is 15.6 Å². The fraction of sp³-hybridized carbons (Fsp3) is 0.111. The zero-order valence-electron chi connectivity index (χ0n) is 13.3. The van der Waals surface area contributed by atoms with Crippen molar-refractivity contribution >= 4 is 25.1 Å². The van der Waals surface area contributed by atoms with Gasteiger partial charge in [0, 0.05) is 0 Å². The second-order valence-corrected chi connectivity index (χ2v) is 7.15. The van der Waals surface area contributed by atoms with Gasteiger partial charge in [0.25, 0.3) is 0 Å². The number of allylic oxidation sites excluding steroid dienone is 3. The molecule has 0 bridgehead atoms. The molecule has 124 valence electrons. The normalized spacial score (nSPS) is 12.2. The van der Waals surface area contributed by atoms with E-state index < -0.39 is 11.7 Å². The summed E-state index contributed by atoms with van der Waals surface area (Å²) in [5, 5.41) is 2.61. The molecule has 0 aliphatic rings. The van der Waals surface area contributed by atoms with E-state index >= 15 is 0 Å². The predicted octanol–water partition coefficient (Wildman–Crippen LogP) is 4.18. The molecule has 0 atom stereocenters. The summed E-state index contributed by atoms with van der Waals surface area (Å²) in [5.74, 6) is -1.48. The molecule has 1 N–H and O–H groups in total. The van der Waals surface area contributed by atoms with Gasteiger partial charge < -0.3 is 0 Å². The third-order valence-corrected chi connectivity index (χ3v) is 5.19. The number of hydrogen-bond acceptors (Lipinski definition) is 2. The van der Waals surface area contributed by atoms with Gasteiger partial charge in [-0.1, -0.05) is 0 Å². The van der Waals surface area contributed by atoms with Crippen LogP contribution in [-0.4, -0.2) is 25.4 Å². The number of rotatable bonds is 5. The van der Waals surface area contributed by atoms with E-state index in [2.05, 4.69) is 16.9 Å². The predicted molar refractivity (Wildman–Crippen MR) is 93.1 cm³/mol. The van der Waals surface area contributed by atoms with Crippen LogP contribution in [0.5, 0.6) is 0 Å². The van der Waals surface area contributed by atoms with E-state index in [0.29, 0.717) is 4.69 Å². The summed E-state index contributed by atoms with van der Waals surface area (Å²) in [6.07, 6.45) is 5.91. The molecule has 0 spiro atoms. The SMILES string of the molecule is C=C/C=C\C(C(=O)Nc1ncc(-c2cc(F)ccc2C)[se]1)=C(/C)F. The van der Waals surface area contributed by atoms with Crippen LogP contribution >= 0.6 is 0 Å². The van der Waals surface area contributed by atoms with Crippen LogP contribution in [0.4, 0.5) is 13.5 Å². The minimum absolute atomic E-state index is 0.0798. The van der Waals surface area contributed by atoms with Crippen LogP contribution in [-0.2, 0) is 4.79 Å². The summed E-state index contributed by atoms with van der Waals surface area (Å²) < 4.78 is 28.2. The summed E-state index contributed by atoms with van der Waals surface area (Å²) in [6, 6.07) is 4.55. The van der Waals surface area contributed by atoms with Gasteiger partial charge in [-0.15, -0.1) is 0 Å². The number of benzene rings is 1. The molecule has 1 aromatic carbocycles. The standard InChI is InChI=1S/C18H16F2N2OSe/c1-4-5-6-14(12(3)19)17(23)22-18-21-10-16(24-18)15-9-13(20)8-7-11(15)2/h4-10H,1H2,2-3H3,(H,21,22,23)/b6-5-,14-12-. The molecular formula is C18H16F2N2OSe. The topological polar surface area (TPSA) is 42.0 Å². The molecule has 0 saturated heterocycles. The number of aryl methyl sites for hydroxylation is 1. The summed E-state index contributed by atoms with van der Waals surface area (Å²) in [6.45, 7) is 6.59. The van der Waals surface area contributed by atoms with Gasteiger partial charge in [-0.05, 0) is 0 Å². The van der Waals surface area contributed by atoms with Gasteiger partial charge >= 0.3 is 145 Å². The molecule has 1 heterocycles. The molecule has 0 aliphatic heterocycles. The maximum absolute atomic E-state index is 13.5. The van der Waals surface area contributed by atoms with Crippen LogP contribution in [0.2, 0.25) is 0 Å². The van der Waals surface area contributed by atoms with E-state index in [1.54, 1.807) is 12.3 Å². The number of nitrogens with zero attached hydrogens (tertiary/aromatic N) is 1. The van der Waals surface area contributed by atoms with Crippen LogP contribution in [0.1, 0.15) is 12.5 Å². The van der Waals surface area contributed by atoms with Gasteiger partial charge in [0.1, 0.15) is 0 Å². The van der Waals surface area contributed by atoms with E-state index in [1.807, 2.05) is 6.92 Å². The molecule has 2 rings (SSSR count). The van der Waals surface area contributed by atoms with Gasteiger partial charge in [0.15, 0.2) is 0 Å². The third-order valence-electron chi connectivity index (χ3n) is 3.21. The van der Waals surface area contributed by atoms with Crippen molar-refractivity contribution in [3.63, 3.8) is 0 Å².